The number of likely N-dealkylation sites (tertiary alicyclic amines) is 1. The average Bonchev–Trinajstić information content (AvgIpc) is 3.55. The van der Waals surface area contributed by atoms with E-state index in [0.717, 1.165) is 73.8 Å². The fourth-order valence-corrected chi connectivity index (χ4v) is 7.67. The molecule has 0 bridgehead atoms. The number of fused-ring (bicyclic) bond motifs is 1. The average molecular weight is 638 g/mol. The van der Waals surface area contributed by atoms with Gasteiger partial charge in [-0.25, -0.2) is 14.2 Å². The minimum Gasteiger partial charge on any atom is -0.478 e. The lowest BCUT2D eigenvalue weighted by molar-refractivity contribution is -0.182. The first-order chi connectivity index (χ1) is 22.1. The topological polar surface area (TPSA) is 93.0 Å². The first kappa shape index (κ1) is 29.2. The van der Waals surface area contributed by atoms with E-state index in [9.17, 15) is 27.5 Å². The zero-order valence-corrected chi connectivity index (χ0v) is 24.7. The fraction of sp³-hybridized carbons (Fsp3) is 0.424. The summed E-state index contributed by atoms with van der Waals surface area (Å²) in [5.74, 6) is -0.0538. The van der Waals surface area contributed by atoms with Crippen molar-refractivity contribution in [1.82, 2.24) is 19.4 Å². The summed E-state index contributed by atoms with van der Waals surface area (Å²) in [6, 6.07) is 13.5. The maximum Gasteiger partial charge on any atom is 0.416 e. The SMILES string of the molecule is O=C(O)c1ccc2nc(CN3C4CCC45CN(c4cccc(OCc6ccc(C(F)(F)F)cc6F)n4)CC35)n(C[C@@H]3CCO3)c2c1. The Kier molecular flexibility index (Phi) is 6.77. The van der Waals surface area contributed by atoms with E-state index in [1.165, 1.54) is 0 Å². The number of carboxylic acids is 1. The van der Waals surface area contributed by atoms with Gasteiger partial charge in [-0.3, -0.25) is 4.90 Å². The second-order valence-electron chi connectivity index (χ2n) is 12.7. The van der Waals surface area contributed by atoms with Gasteiger partial charge in [0.15, 0.2) is 0 Å². The molecule has 2 aromatic heterocycles. The summed E-state index contributed by atoms with van der Waals surface area (Å²) >= 11 is 0. The Hall–Kier alpha value is -4.23. The van der Waals surface area contributed by atoms with E-state index in [4.69, 9.17) is 14.5 Å². The molecule has 4 aliphatic rings. The second kappa shape index (κ2) is 10.7. The molecule has 4 fully saturated rings. The Balaban J connectivity index is 0.985. The van der Waals surface area contributed by atoms with E-state index in [-0.39, 0.29) is 35.1 Å². The van der Waals surface area contributed by atoms with Crippen LogP contribution in [-0.4, -0.2) is 68.4 Å². The van der Waals surface area contributed by atoms with Crippen molar-refractivity contribution in [3.63, 3.8) is 0 Å². The van der Waals surface area contributed by atoms with E-state index in [0.29, 0.717) is 31.2 Å². The number of nitrogens with zero attached hydrogens (tertiary/aromatic N) is 5. The first-order valence-corrected chi connectivity index (χ1v) is 15.4. The van der Waals surface area contributed by atoms with Crippen molar-refractivity contribution in [3.8, 4) is 5.88 Å². The van der Waals surface area contributed by atoms with Crippen LogP contribution >= 0.6 is 0 Å². The number of aromatic carboxylic acids is 1. The Morgan fingerprint density at radius 2 is 1.93 bits per heavy atom. The molecule has 0 amide bonds. The molecule has 0 radical (unpaired) electrons. The van der Waals surface area contributed by atoms with Crippen molar-refractivity contribution in [3.05, 3.63) is 82.9 Å². The summed E-state index contributed by atoms with van der Waals surface area (Å²) in [7, 11) is 0. The Morgan fingerprint density at radius 3 is 2.63 bits per heavy atom. The van der Waals surface area contributed by atoms with Crippen LogP contribution in [0, 0.1) is 11.2 Å². The number of alkyl halides is 3. The molecule has 1 saturated carbocycles. The Bertz CT molecular complexity index is 1840. The molecule has 4 atom stereocenters. The van der Waals surface area contributed by atoms with Crippen molar-refractivity contribution in [2.45, 2.75) is 63.3 Å². The number of pyridine rings is 1. The van der Waals surface area contributed by atoms with Gasteiger partial charge in [0.1, 0.15) is 24.1 Å². The van der Waals surface area contributed by atoms with Crippen molar-refractivity contribution in [1.29, 1.82) is 0 Å². The standard InChI is InChI=1S/C33H31F4N5O4/c34-23-13-21(33(35,36)37)6-4-20(23)17-46-30-3-1-2-28(39-30)40-15-27-32(18-40)10-8-26(32)42(27)16-29-38-24-7-5-19(31(43)44)12-25(24)41(29)14-22-9-11-45-22/h1-7,12-13,22,26-27H,8-11,14-18H2,(H,43,44)/t22-,26?,27?,32?/m0/s1. The lowest BCUT2D eigenvalue weighted by Gasteiger charge is -2.67. The number of halogens is 4. The number of rotatable bonds is 9. The number of benzene rings is 2. The number of ether oxygens (including phenoxy) is 2. The smallest absolute Gasteiger partial charge is 0.416 e. The number of hydrogen-bond donors (Lipinski definition) is 1. The van der Waals surface area contributed by atoms with Gasteiger partial charge in [0.05, 0.1) is 41.4 Å². The molecule has 13 heteroatoms. The molecule has 9 nitrogen and oxygen atoms in total. The normalized spacial score (nSPS) is 25.4. The molecule has 2 aromatic carbocycles. The molecule has 8 rings (SSSR count). The highest BCUT2D eigenvalue weighted by molar-refractivity contribution is 5.92. The predicted octanol–water partition coefficient (Wildman–Crippen LogP) is 5.51. The number of hydrogen-bond acceptors (Lipinski definition) is 7. The molecule has 240 valence electrons. The molecular weight excluding hydrogens is 606 g/mol. The van der Waals surface area contributed by atoms with Crippen LogP contribution in [0.15, 0.2) is 54.6 Å². The van der Waals surface area contributed by atoms with Crippen molar-refractivity contribution in [2.24, 2.45) is 5.41 Å². The lowest BCUT2D eigenvalue weighted by atomic mass is 9.53. The summed E-state index contributed by atoms with van der Waals surface area (Å²) in [6.07, 6.45) is -1.37. The van der Waals surface area contributed by atoms with Gasteiger partial charge < -0.3 is 24.0 Å². The van der Waals surface area contributed by atoms with Crippen LogP contribution in [0.25, 0.3) is 11.0 Å². The van der Waals surface area contributed by atoms with E-state index in [1.54, 1.807) is 24.3 Å². The number of aromatic nitrogens is 3. The summed E-state index contributed by atoms with van der Waals surface area (Å²) in [6.45, 7) is 3.36. The molecule has 1 aliphatic carbocycles. The number of anilines is 1. The van der Waals surface area contributed by atoms with Crippen LogP contribution in [0.1, 0.15) is 46.6 Å². The lowest BCUT2D eigenvalue weighted by Crippen LogP contribution is -2.76. The van der Waals surface area contributed by atoms with Gasteiger partial charge in [-0.15, -0.1) is 0 Å². The summed E-state index contributed by atoms with van der Waals surface area (Å²) < 4.78 is 66.6. The van der Waals surface area contributed by atoms with Gasteiger partial charge in [-0.05, 0) is 55.7 Å². The minimum absolute atomic E-state index is 0.0142. The third kappa shape index (κ3) is 4.79. The van der Waals surface area contributed by atoms with E-state index in [1.807, 2.05) is 12.1 Å². The Labute approximate surface area is 261 Å². The van der Waals surface area contributed by atoms with Crippen molar-refractivity contribution in [2.75, 3.05) is 24.6 Å². The van der Waals surface area contributed by atoms with Gasteiger partial charge in [-0.1, -0.05) is 12.1 Å². The molecule has 3 aliphatic heterocycles. The van der Waals surface area contributed by atoms with Crippen LogP contribution in [0.3, 0.4) is 0 Å². The third-order valence-electron chi connectivity index (χ3n) is 10.3. The maximum atomic E-state index is 14.3. The number of piperidine rings is 1. The third-order valence-corrected chi connectivity index (χ3v) is 10.3. The highest BCUT2D eigenvalue weighted by Gasteiger charge is 2.69. The van der Waals surface area contributed by atoms with Crippen molar-refractivity contribution < 1.29 is 36.9 Å². The van der Waals surface area contributed by atoms with E-state index >= 15 is 0 Å². The molecule has 46 heavy (non-hydrogen) atoms. The summed E-state index contributed by atoms with van der Waals surface area (Å²) in [5, 5.41) is 9.58. The molecule has 1 N–H and O–H groups in total. The highest BCUT2D eigenvalue weighted by atomic mass is 19.4. The van der Waals surface area contributed by atoms with Gasteiger partial charge >= 0.3 is 12.1 Å². The highest BCUT2D eigenvalue weighted by Crippen LogP contribution is 2.61. The Morgan fingerprint density at radius 1 is 1.09 bits per heavy atom. The van der Waals surface area contributed by atoms with Gasteiger partial charge in [0.2, 0.25) is 5.88 Å². The molecular formula is C33H31F4N5O4. The van der Waals surface area contributed by atoms with Crippen LogP contribution in [0.2, 0.25) is 0 Å². The molecule has 3 saturated heterocycles. The number of carboxylic acid groups (broad SMARTS) is 1. The second-order valence-corrected chi connectivity index (χ2v) is 12.7. The maximum absolute atomic E-state index is 14.3. The van der Waals surface area contributed by atoms with Crippen LogP contribution < -0.4 is 9.64 Å². The molecule has 4 aromatic rings. The fourth-order valence-electron chi connectivity index (χ4n) is 7.67. The largest absolute Gasteiger partial charge is 0.478 e. The van der Waals surface area contributed by atoms with Gasteiger partial charge in [-0.2, -0.15) is 18.2 Å². The minimum atomic E-state index is -4.62. The van der Waals surface area contributed by atoms with E-state index in [2.05, 4.69) is 19.4 Å². The monoisotopic (exact) mass is 637 g/mol. The molecule has 3 unspecified atom stereocenters. The van der Waals surface area contributed by atoms with Crippen molar-refractivity contribution >= 4 is 22.8 Å². The molecule has 5 heterocycles. The van der Waals surface area contributed by atoms with Gasteiger partial charge in [0.25, 0.3) is 0 Å². The molecule has 1 spiro atoms. The quantitative estimate of drug-likeness (QED) is 0.241. The summed E-state index contributed by atoms with van der Waals surface area (Å²) in [5.41, 5.74) is 0.927. The van der Waals surface area contributed by atoms with Crippen LogP contribution in [0.4, 0.5) is 23.4 Å². The zero-order valence-electron chi connectivity index (χ0n) is 24.7. The number of imidazole rings is 1. The first-order valence-electron chi connectivity index (χ1n) is 15.4. The number of carbonyl (C=O) groups is 1. The van der Waals surface area contributed by atoms with E-state index < -0.39 is 23.5 Å². The van der Waals surface area contributed by atoms with Crippen LogP contribution in [0.5, 0.6) is 5.88 Å². The van der Waals surface area contributed by atoms with Crippen LogP contribution in [-0.2, 0) is 30.6 Å². The predicted molar refractivity (Wildman–Crippen MR) is 158 cm³/mol. The van der Waals surface area contributed by atoms with Gasteiger partial charge in [0, 0.05) is 48.8 Å². The summed E-state index contributed by atoms with van der Waals surface area (Å²) in [4.78, 5) is 26.1. The zero-order chi connectivity index (χ0) is 31.8.